The largest absolute Gasteiger partial charge is 0.348 e. The lowest BCUT2D eigenvalue weighted by atomic mass is 9.89. The zero-order valence-electron chi connectivity index (χ0n) is 15.1. The van der Waals surface area contributed by atoms with E-state index in [1.165, 1.54) is 4.90 Å². The summed E-state index contributed by atoms with van der Waals surface area (Å²) in [6, 6.07) is 14.2. The molecule has 0 saturated heterocycles. The van der Waals surface area contributed by atoms with Gasteiger partial charge in [0.25, 0.3) is 0 Å². The summed E-state index contributed by atoms with van der Waals surface area (Å²) in [5.74, 6) is -1.89. The molecule has 4 heteroatoms. The maximum atomic E-state index is 12.8. The van der Waals surface area contributed by atoms with Crippen LogP contribution in [0.4, 0.5) is 0 Å². The molecule has 2 aromatic rings. The number of carbonyl (C=O) groups is 3. The van der Waals surface area contributed by atoms with Gasteiger partial charge >= 0.3 is 0 Å². The fourth-order valence-electron chi connectivity index (χ4n) is 2.57. The summed E-state index contributed by atoms with van der Waals surface area (Å²) in [7, 11) is 3.18. The highest BCUT2D eigenvalue weighted by Gasteiger charge is 2.31. The molecule has 0 aromatic heterocycles. The molecule has 1 atom stereocenters. The summed E-state index contributed by atoms with van der Waals surface area (Å²) in [5.41, 5.74) is 3.04. The minimum absolute atomic E-state index is 0.132. The molecule has 0 bridgehead atoms. The molecule has 1 unspecified atom stereocenters. The van der Waals surface area contributed by atoms with E-state index in [1.807, 2.05) is 38.1 Å². The summed E-state index contributed by atoms with van der Waals surface area (Å²) in [4.78, 5) is 39.2. The Labute approximate surface area is 148 Å². The van der Waals surface area contributed by atoms with Gasteiger partial charge in [0.1, 0.15) is 5.92 Å². The first kappa shape index (κ1) is 18.6. The number of aryl methyl sites for hydroxylation is 2. The fraction of sp³-hybridized carbons (Fsp3) is 0.286. The lowest BCUT2D eigenvalue weighted by Gasteiger charge is -2.19. The van der Waals surface area contributed by atoms with E-state index in [2.05, 4.69) is 0 Å². The highest BCUT2D eigenvalue weighted by molar-refractivity contribution is 6.13. The highest BCUT2D eigenvalue weighted by atomic mass is 16.2. The Hall–Kier alpha value is -2.75. The molecule has 130 valence electrons. The van der Waals surface area contributed by atoms with E-state index in [0.717, 1.165) is 11.1 Å². The quantitative estimate of drug-likeness (QED) is 0.599. The molecule has 0 saturated carbocycles. The van der Waals surface area contributed by atoms with Crippen LogP contribution in [0.3, 0.4) is 0 Å². The van der Waals surface area contributed by atoms with E-state index in [0.29, 0.717) is 11.1 Å². The van der Waals surface area contributed by atoms with E-state index in [1.54, 1.807) is 38.4 Å². The van der Waals surface area contributed by atoms with Crippen molar-refractivity contribution in [3.8, 4) is 0 Å². The molecule has 0 spiro atoms. The van der Waals surface area contributed by atoms with Gasteiger partial charge in [-0.25, -0.2) is 0 Å². The Bertz CT molecular complexity index is 774. The van der Waals surface area contributed by atoms with Crippen LogP contribution in [-0.4, -0.2) is 36.5 Å². The van der Waals surface area contributed by atoms with Crippen molar-refractivity contribution >= 4 is 17.5 Å². The Morgan fingerprint density at radius 2 is 1.24 bits per heavy atom. The maximum absolute atomic E-state index is 12.8. The summed E-state index contributed by atoms with van der Waals surface area (Å²) < 4.78 is 0. The first-order valence-corrected chi connectivity index (χ1v) is 8.21. The van der Waals surface area contributed by atoms with Gasteiger partial charge in [0, 0.05) is 31.6 Å². The second kappa shape index (κ2) is 7.88. The van der Waals surface area contributed by atoms with Crippen molar-refractivity contribution in [1.82, 2.24) is 4.90 Å². The van der Waals surface area contributed by atoms with Crippen LogP contribution in [0, 0.1) is 19.8 Å². The molecule has 4 nitrogen and oxygen atoms in total. The SMILES string of the molecule is Cc1ccc(C(=O)CC(C(=O)c2ccc(C)cc2)C(=O)N(C)C)cc1. The topological polar surface area (TPSA) is 54.5 Å². The van der Waals surface area contributed by atoms with E-state index in [4.69, 9.17) is 0 Å². The normalized spacial score (nSPS) is 11.7. The lowest BCUT2D eigenvalue weighted by Crippen LogP contribution is -2.36. The number of amides is 1. The number of ketones is 2. The first-order valence-electron chi connectivity index (χ1n) is 8.21. The fourth-order valence-corrected chi connectivity index (χ4v) is 2.57. The van der Waals surface area contributed by atoms with Gasteiger partial charge in [0.15, 0.2) is 11.6 Å². The molecule has 0 aliphatic carbocycles. The standard InChI is InChI=1S/C21H23NO3/c1-14-5-9-16(10-6-14)19(23)13-18(21(25)22(3)4)20(24)17-11-7-15(2)8-12-17/h5-12,18H,13H2,1-4H3. The lowest BCUT2D eigenvalue weighted by molar-refractivity contribution is -0.131. The van der Waals surface area contributed by atoms with Gasteiger partial charge in [-0.3, -0.25) is 14.4 Å². The molecule has 0 radical (unpaired) electrons. The molecule has 25 heavy (non-hydrogen) atoms. The van der Waals surface area contributed by atoms with Crippen molar-refractivity contribution in [3.05, 3.63) is 70.8 Å². The summed E-state index contributed by atoms with van der Waals surface area (Å²) in [6.07, 6.45) is -0.132. The first-order chi connectivity index (χ1) is 11.8. The molecule has 2 aromatic carbocycles. The van der Waals surface area contributed by atoms with Crippen LogP contribution >= 0.6 is 0 Å². The number of hydrogen-bond acceptors (Lipinski definition) is 3. The van der Waals surface area contributed by atoms with E-state index >= 15 is 0 Å². The maximum Gasteiger partial charge on any atom is 0.233 e. The third kappa shape index (κ3) is 4.63. The predicted octanol–water partition coefficient (Wildman–Crippen LogP) is 3.46. The van der Waals surface area contributed by atoms with Crippen LogP contribution in [0.5, 0.6) is 0 Å². The second-order valence-electron chi connectivity index (χ2n) is 6.51. The summed E-state index contributed by atoms with van der Waals surface area (Å²) >= 11 is 0. The van der Waals surface area contributed by atoms with Crippen molar-refractivity contribution in [2.24, 2.45) is 5.92 Å². The molecule has 2 rings (SSSR count). The summed E-state index contributed by atoms with van der Waals surface area (Å²) in [5, 5.41) is 0. The number of hydrogen-bond donors (Lipinski definition) is 0. The van der Waals surface area contributed by atoms with Gasteiger partial charge in [-0.15, -0.1) is 0 Å². The van der Waals surface area contributed by atoms with Crippen LogP contribution in [0.1, 0.15) is 38.3 Å². The number of rotatable bonds is 6. The van der Waals surface area contributed by atoms with Crippen molar-refractivity contribution in [3.63, 3.8) is 0 Å². The number of benzene rings is 2. The van der Waals surface area contributed by atoms with Gasteiger partial charge in [0.2, 0.25) is 5.91 Å². The molecule has 0 fully saturated rings. The Morgan fingerprint density at radius 1 is 0.800 bits per heavy atom. The minimum atomic E-state index is -1.01. The van der Waals surface area contributed by atoms with Gasteiger partial charge in [-0.05, 0) is 13.8 Å². The average Bonchev–Trinajstić information content (AvgIpc) is 2.59. The van der Waals surface area contributed by atoms with Gasteiger partial charge in [0.05, 0.1) is 0 Å². The zero-order valence-corrected chi connectivity index (χ0v) is 15.1. The second-order valence-corrected chi connectivity index (χ2v) is 6.51. The van der Waals surface area contributed by atoms with E-state index in [9.17, 15) is 14.4 Å². The van der Waals surface area contributed by atoms with Gasteiger partial charge in [-0.2, -0.15) is 0 Å². The molecular weight excluding hydrogens is 314 g/mol. The molecule has 0 heterocycles. The van der Waals surface area contributed by atoms with Crippen molar-refractivity contribution in [1.29, 1.82) is 0 Å². The number of Topliss-reactive ketones (excluding diaryl/α,β-unsaturated/α-hetero) is 2. The van der Waals surface area contributed by atoms with E-state index in [-0.39, 0.29) is 23.9 Å². The Morgan fingerprint density at radius 3 is 1.68 bits per heavy atom. The molecule has 0 aliphatic heterocycles. The van der Waals surface area contributed by atoms with Crippen molar-refractivity contribution < 1.29 is 14.4 Å². The van der Waals surface area contributed by atoms with Crippen LogP contribution < -0.4 is 0 Å². The van der Waals surface area contributed by atoms with Crippen LogP contribution in [0.2, 0.25) is 0 Å². The Balaban J connectivity index is 2.28. The average molecular weight is 337 g/mol. The van der Waals surface area contributed by atoms with Crippen LogP contribution in [0.15, 0.2) is 48.5 Å². The third-order valence-corrected chi connectivity index (χ3v) is 4.15. The number of nitrogens with zero attached hydrogens (tertiary/aromatic N) is 1. The number of carbonyl (C=O) groups excluding carboxylic acids is 3. The smallest absolute Gasteiger partial charge is 0.233 e. The van der Waals surface area contributed by atoms with Crippen molar-refractivity contribution in [2.75, 3.05) is 14.1 Å². The van der Waals surface area contributed by atoms with Crippen LogP contribution in [0.25, 0.3) is 0 Å². The van der Waals surface area contributed by atoms with E-state index < -0.39 is 5.92 Å². The molecule has 0 aliphatic rings. The summed E-state index contributed by atoms with van der Waals surface area (Å²) in [6.45, 7) is 3.87. The molecule has 0 N–H and O–H groups in total. The van der Waals surface area contributed by atoms with Crippen molar-refractivity contribution in [2.45, 2.75) is 20.3 Å². The minimum Gasteiger partial charge on any atom is -0.348 e. The third-order valence-electron chi connectivity index (χ3n) is 4.15. The predicted molar refractivity (Wildman–Crippen MR) is 97.8 cm³/mol. The highest BCUT2D eigenvalue weighted by Crippen LogP contribution is 2.19. The Kier molecular flexibility index (Phi) is 5.86. The zero-order chi connectivity index (χ0) is 18.6. The van der Waals surface area contributed by atoms with Gasteiger partial charge in [-0.1, -0.05) is 59.7 Å². The van der Waals surface area contributed by atoms with Crippen LogP contribution in [-0.2, 0) is 4.79 Å². The monoisotopic (exact) mass is 337 g/mol. The molecular formula is C21H23NO3. The molecule has 1 amide bonds. The van der Waals surface area contributed by atoms with Gasteiger partial charge < -0.3 is 4.90 Å².